The Labute approximate surface area is 187 Å². The molecule has 0 saturated carbocycles. The number of nitrogens with one attached hydrogen (secondary N) is 1. The number of aromatic nitrogens is 2. The maximum Gasteiger partial charge on any atom is 0.255 e. The van der Waals surface area contributed by atoms with E-state index in [0.717, 1.165) is 0 Å². The van der Waals surface area contributed by atoms with Crippen LogP contribution in [0.4, 0.5) is 13.2 Å². The molecule has 3 aromatic rings. The number of hydrogen-bond donors (Lipinski definition) is 1. The molecule has 1 aromatic heterocycles. The molecule has 164 valence electrons. The van der Waals surface area contributed by atoms with E-state index >= 15 is 8.78 Å². The number of carbonyl (C=O) groups excluding carboxylic acids is 1. The first-order valence-electron chi connectivity index (χ1n) is 9.94. The molecule has 0 atom stereocenters. The SMILES string of the molecule is O=C(Cc1ccc(Cl)c(F)c1)N1CCC(C(F)(F)Cc2cc(Cl)cc3cn[nH]c23)CC1. The van der Waals surface area contributed by atoms with E-state index in [2.05, 4.69) is 10.2 Å². The van der Waals surface area contributed by atoms with E-state index in [1.54, 1.807) is 29.3 Å². The van der Waals surface area contributed by atoms with Gasteiger partial charge in [-0.15, -0.1) is 0 Å². The molecule has 0 bridgehead atoms. The minimum absolute atomic E-state index is 0.00801. The van der Waals surface area contributed by atoms with Crippen molar-refractivity contribution in [2.24, 2.45) is 5.92 Å². The summed E-state index contributed by atoms with van der Waals surface area (Å²) < 4.78 is 43.7. The van der Waals surface area contributed by atoms with Crippen LogP contribution in [-0.4, -0.2) is 40.0 Å². The number of piperidine rings is 1. The topological polar surface area (TPSA) is 49.0 Å². The number of rotatable bonds is 5. The molecule has 1 N–H and O–H groups in total. The zero-order valence-corrected chi connectivity index (χ0v) is 18.0. The van der Waals surface area contributed by atoms with Crippen LogP contribution >= 0.6 is 23.2 Å². The highest BCUT2D eigenvalue weighted by Gasteiger charge is 2.42. The molecular formula is C22H20Cl2F3N3O. The Morgan fingerprint density at radius 1 is 1.19 bits per heavy atom. The Balaban J connectivity index is 1.38. The van der Waals surface area contributed by atoms with Gasteiger partial charge in [-0.3, -0.25) is 9.89 Å². The Kier molecular flexibility index (Phi) is 6.17. The lowest BCUT2D eigenvalue weighted by Gasteiger charge is -2.36. The molecule has 4 rings (SSSR count). The first-order valence-corrected chi connectivity index (χ1v) is 10.7. The molecule has 2 aromatic carbocycles. The Hall–Kier alpha value is -2.25. The number of carbonyl (C=O) groups is 1. The summed E-state index contributed by atoms with van der Waals surface area (Å²) in [5.74, 6) is -4.59. The van der Waals surface area contributed by atoms with Gasteiger partial charge in [-0.2, -0.15) is 5.10 Å². The van der Waals surface area contributed by atoms with E-state index in [-0.39, 0.29) is 43.3 Å². The smallest absolute Gasteiger partial charge is 0.255 e. The predicted octanol–water partition coefficient (Wildman–Crippen LogP) is 5.67. The predicted molar refractivity (Wildman–Crippen MR) is 114 cm³/mol. The van der Waals surface area contributed by atoms with Crippen molar-refractivity contribution < 1.29 is 18.0 Å². The molecule has 1 aliphatic rings. The summed E-state index contributed by atoms with van der Waals surface area (Å²) in [7, 11) is 0. The van der Waals surface area contributed by atoms with Crippen LogP contribution in [0.25, 0.3) is 10.9 Å². The van der Waals surface area contributed by atoms with Crippen molar-refractivity contribution in [2.75, 3.05) is 13.1 Å². The van der Waals surface area contributed by atoms with Gasteiger partial charge in [0.25, 0.3) is 5.92 Å². The molecule has 31 heavy (non-hydrogen) atoms. The van der Waals surface area contributed by atoms with Crippen LogP contribution in [0.1, 0.15) is 24.0 Å². The van der Waals surface area contributed by atoms with Crippen LogP contribution in [0.5, 0.6) is 0 Å². The third-order valence-electron chi connectivity index (χ3n) is 5.81. The molecule has 9 heteroatoms. The van der Waals surface area contributed by atoms with Crippen molar-refractivity contribution in [3.63, 3.8) is 0 Å². The third-order valence-corrected chi connectivity index (χ3v) is 6.33. The average molecular weight is 470 g/mol. The van der Waals surface area contributed by atoms with Gasteiger partial charge in [-0.1, -0.05) is 29.3 Å². The van der Waals surface area contributed by atoms with E-state index in [9.17, 15) is 9.18 Å². The number of fused-ring (bicyclic) bond motifs is 1. The second-order valence-electron chi connectivity index (χ2n) is 7.92. The average Bonchev–Trinajstić information content (AvgIpc) is 3.19. The molecule has 1 saturated heterocycles. The summed E-state index contributed by atoms with van der Waals surface area (Å²) in [4.78, 5) is 14.1. The van der Waals surface area contributed by atoms with Crippen molar-refractivity contribution in [1.82, 2.24) is 15.1 Å². The van der Waals surface area contributed by atoms with Crippen molar-refractivity contribution in [2.45, 2.75) is 31.6 Å². The first-order chi connectivity index (χ1) is 14.7. The van der Waals surface area contributed by atoms with Gasteiger partial charge in [-0.05, 0) is 48.2 Å². The number of halogens is 5. The van der Waals surface area contributed by atoms with Crippen molar-refractivity contribution in [3.8, 4) is 0 Å². The molecule has 1 fully saturated rings. The van der Waals surface area contributed by atoms with Gasteiger partial charge < -0.3 is 4.90 Å². The number of likely N-dealkylation sites (tertiary alicyclic amines) is 1. The maximum absolute atomic E-state index is 15.1. The summed E-state index contributed by atoms with van der Waals surface area (Å²) in [5.41, 5.74) is 1.49. The first kappa shape index (κ1) is 22.0. The van der Waals surface area contributed by atoms with Gasteiger partial charge in [0.2, 0.25) is 5.91 Å². The summed E-state index contributed by atoms with van der Waals surface area (Å²) >= 11 is 11.7. The van der Waals surface area contributed by atoms with Crippen LogP contribution in [0.15, 0.2) is 36.5 Å². The molecule has 0 aliphatic carbocycles. The summed E-state index contributed by atoms with van der Waals surface area (Å²) in [5, 5.41) is 7.75. The summed E-state index contributed by atoms with van der Waals surface area (Å²) in [6.07, 6.45) is 1.50. The van der Waals surface area contributed by atoms with Gasteiger partial charge in [0, 0.05) is 35.8 Å². The second-order valence-corrected chi connectivity index (χ2v) is 8.76. The molecule has 0 spiro atoms. The van der Waals surface area contributed by atoms with E-state index < -0.39 is 24.1 Å². The molecule has 4 nitrogen and oxygen atoms in total. The zero-order chi connectivity index (χ0) is 22.2. The van der Waals surface area contributed by atoms with Crippen LogP contribution in [-0.2, 0) is 17.6 Å². The highest BCUT2D eigenvalue weighted by molar-refractivity contribution is 6.31. The van der Waals surface area contributed by atoms with Gasteiger partial charge in [0.15, 0.2) is 0 Å². The van der Waals surface area contributed by atoms with Crippen molar-refractivity contribution >= 4 is 40.0 Å². The highest BCUT2D eigenvalue weighted by atomic mass is 35.5. The zero-order valence-electron chi connectivity index (χ0n) is 16.5. The van der Waals surface area contributed by atoms with E-state index in [1.165, 1.54) is 12.1 Å². The second kappa shape index (κ2) is 8.71. The molecule has 1 amide bonds. The van der Waals surface area contributed by atoms with E-state index in [0.29, 0.717) is 27.1 Å². The lowest BCUT2D eigenvalue weighted by atomic mass is 9.86. The van der Waals surface area contributed by atoms with Crippen LogP contribution < -0.4 is 0 Å². The van der Waals surface area contributed by atoms with E-state index in [1.807, 2.05) is 0 Å². The molecular weight excluding hydrogens is 450 g/mol. The number of hydrogen-bond acceptors (Lipinski definition) is 2. The van der Waals surface area contributed by atoms with Gasteiger partial charge >= 0.3 is 0 Å². The van der Waals surface area contributed by atoms with Crippen molar-refractivity contribution in [1.29, 1.82) is 0 Å². The number of amides is 1. The highest BCUT2D eigenvalue weighted by Crippen LogP contribution is 2.38. The fraction of sp³-hybridized carbons (Fsp3) is 0.364. The number of aromatic amines is 1. The third kappa shape index (κ3) is 4.83. The number of H-pyrrole nitrogens is 1. The van der Waals surface area contributed by atoms with Gasteiger partial charge in [-0.25, -0.2) is 13.2 Å². The largest absolute Gasteiger partial charge is 0.342 e. The van der Waals surface area contributed by atoms with Crippen LogP contribution in [0, 0.1) is 11.7 Å². The lowest BCUT2D eigenvalue weighted by molar-refractivity contribution is -0.135. The quantitative estimate of drug-likeness (QED) is 0.523. The lowest BCUT2D eigenvalue weighted by Crippen LogP contribution is -2.44. The van der Waals surface area contributed by atoms with Gasteiger partial charge in [0.1, 0.15) is 5.82 Å². The minimum Gasteiger partial charge on any atom is -0.342 e. The Morgan fingerprint density at radius 3 is 2.65 bits per heavy atom. The Bertz CT molecular complexity index is 1110. The standard InChI is InChI=1S/C22H20Cl2F3N3O/c23-17-9-14(21-15(10-17)12-28-29-21)11-22(26,27)16-3-5-30(6-4-16)20(31)8-13-1-2-18(24)19(25)7-13/h1-2,7,9-10,12,16H,3-6,8,11H2,(H,28,29). The van der Waals surface area contributed by atoms with E-state index in [4.69, 9.17) is 23.2 Å². The number of nitrogens with zero attached hydrogens (tertiary/aromatic N) is 2. The molecule has 0 radical (unpaired) electrons. The van der Waals surface area contributed by atoms with Crippen LogP contribution in [0.2, 0.25) is 10.0 Å². The number of benzene rings is 2. The van der Waals surface area contributed by atoms with Crippen LogP contribution in [0.3, 0.4) is 0 Å². The molecule has 2 heterocycles. The van der Waals surface area contributed by atoms with Crippen molar-refractivity contribution in [3.05, 3.63) is 63.5 Å². The summed E-state index contributed by atoms with van der Waals surface area (Å²) in [6.45, 7) is 0.481. The van der Waals surface area contributed by atoms with Gasteiger partial charge in [0.05, 0.1) is 23.2 Å². The molecule has 1 aliphatic heterocycles. The Morgan fingerprint density at radius 2 is 1.94 bits per heavy atom. The maximum atomic E-state index is 15.1. The fourth-order valence-electron chi connectivity index (χ4n) is 4.12. The number of alkyl halides is 2. The normalized spacial score (nSPS) is 15.6. The summed E-state index contributed by atoms with van der Waals surface area (Å²) in [6, 6.07) is 7.44. The molecule has 0 unspecified atom stereocenters. The fourth-order valence-corrected chi connectivity index (χ4v) is 4.48. The minimum atomic E-state index is -2.95. The monoisotopic (exact) mass is 469 g/mol.